The molecule has 2 heterocycles. The Labute approximate surface area is 106 Å². The zero-order valence-corrected chi connectivity index (χ0v) is 10.9. The van der Waals surface area contributed by atoms with E-state index in [4.69, 9.17) is 5.73 Å². The van der Waals surface area contributed by atoms with Crippen molar-refractivity contribution >= 4 is 17.2 Å². The maximum absolute atomic E-state index is 5.57. The number of hydrogen-bond donors (Lipinski definition) is 1. The Bertz CT molecular complexity index is 450. The minimum atomic E-state index is 0.424. The first kappa shape index (κ1) is 12.1. The molecule has 1 atom stereocenters. The highest BCUT2D eigenvalue weighted by molar-refractivity contribution is 7.10. The van der Waals surface area contributed by atoms with Crippen LogP contribution in [0.25, 0.3) is 0 Å². The summed E-state index contributed by atoms with van der Waals surface area (Å²) < 4.78 is 0. The second-order valence-corrected chi connectivity index (χ2v) is 5.18. The highest BCUT2D eigenvalue weighted by Gasteiger charge is 2.12. The molecule has 0 radical (unpaired) electrons. The highest BCUT2D eigenvalue weighted by Crippen LogP contribution is 2.24. The molecule has 17 heavy (non-hydrogen) atoms. The smallest absolute Gasteiger partial charge is 0.123 e. The summed E-state index contributed by atoms with van der Waals surface area (Å²) in [4.78, 5) is 7.80. The van der Waals surface area contributed by atoms with Gasteiger partial charge < -0.3 is 5.73 Å². The summed E-state index contributed by atoms with van der Waals surface area (Å²) in [6.45, 7) is 3.10. The molecule has 0 aromatic carbocycles. The van der Waals surface area contributed by atoms with E-state index < -0.39 is 0 Å². The molecule has 0 fully saturated rings. The third-order valence-corrected chi connectivity index (χ3v) is 3.94. The van der Waals surface area contributed by atoms with Crippen LogP contribution in [-0.4, -0.2) is 16.9 Å². The van der Waals surface area contributed by atoms with Gasteiger partial charge in [-0.15, -0.1) is 11.3 Å². The van der Waals surface area contributed by atoms with Crippen molar-refractivity contribution in [2.24, 2.45) is 0 Å². The summed E-state index contributed by atoms with van der Waals surface area (Å²) in [5, 5.41) is 2.12. The van der Waals surface area contributed by atoms with Crippen molar-refractivity contribution in [2.45, 2.75) is 19.5 Å². The van der Waals surface area contributed by atoms with Gasteiger partial charge in [-0.1, -0.05) is 12.1 Å². The number of pyridine rings is 1. The Hall–Kier alpha value is -1.39. The number of thiophene rings is 1. The molecule has 4 heteroatoms. The predicted octanol–water partition coefficient (Wildman–Crippen LogP) is 2.92. The van der Waals surface area contributed by atoms with Crippen LogP contribution in [0, 0.1) is 0 Å². The van der Waals surface area contributed by atoms with Crippen molar-refractivity contribution in [3.8, 4) is 0 Å². The molecule has 0 saturated carbocycles. The van der Waals surface area contributed by atoms with Crippen LogP contribution in [0.15, 0.2) is 35.8 Å². The van der Waals surface area contributed by atoms with Crippen LogP contribution in [0.1, 0.15) is 23.4 Å². The van der Waals surface area contributed by atoms with Gasteiger partial charge in [-0.05, 0) is 37.0 Å². The maximum atomic E-state index is 5.57. The molecule has 3 nitrogen and oxygen atoms in total. The average Bonchev–Trinajstić information content (AvgIpc) is 2.84. The van der Waals surface area contributed by atoms with Gasteiger partial charge in [0.15, 0.2) is 0 Å². The monoisotopic (exact) mass is 247 g/mol. The fourth-order valence-corrected chi connectivity index (χ4v) is 2.55. The molecule has 2 N–H and O–H groups in total. The molecule has 2 aromatic heterocycles. The number of anilines is 1. The topological polar surface area (TPSA) is 42.1 Å². The summed E-state index contributed by atoms with van der Waals surface area (Å²) in [5.41, 5.74) is 6.76. The fraction of sp³-hybridized carbons (Fsp3) is 0.308. The lowest BCUT2D eigenvalue weighted by molar-refractivity contribution is 0.256. The minimum Gasteiger partial charge on any atom is -0.384 e. The largest absolute Gasteiger partial charge is 0.384 e. The minimum absolute atomic E-state index is 0.424. The second-order valence-electron chi connectivity index (χ2n) is 4.20. The lowest BCUT2D eigenvalue weighted by atomic mass is 10.2. The second kappa shape index (κ2) is 5.29. The molecule has 0 amide bonds. The van der Waals surface area contributed by atoms with Gasteiger partial charge in [-0.25, -0.2) is 4.98 Å². The molecule has 2 rings (SSSR count). The summed E-state index contributed by atoms with van der Waals surface area (Å²) >= 11 is 1.80. The lowest BCUT2D eigenvalue weighted by Gasteiger charge is -2.23. The summed E-state index contributed by atoms with van der Waals surface area (Å²) in [6.07, 6.45) is 1.84. The quantitative estimate of drug-likeness (QED) is 0.903. The van der Waals surface area contributed by atoms with Crippen LogP contribution < -0.4 is 5.73 Å². The Morgan fingerprint density at radius 3 is 2.82 bits per heavy atom. The molecule has 2 aromatic rings. The van der Waals surface area contributed by atoms with Crippen LogP contribution >= 0.6 is 11.3 Å². The van der Waals surface area contributed by atoms with E-state index in [1.165, 1.54) is 10.4 Å². The van der Waals surface area contributed by atoms with E-state index in [2.05, 4.69) is 41.4 Å². The first-order valence-corrected chi connectivity index (χ1v) is 6.49. The summed E-state index contributed by atoms with van der Waals surface area (Å²) in [7, 11) is 2.13. The van der Waals surface area contributed by atoms with Crippen molar-refractivity contribution in [1.82, 2.24) is 9.88 Å². The van der Waals surface area contributed by atoms with Gasteiger partial charge in [0.25, 0.3) is 0 Å². The van der Waals surface area contributed by atoms with Crippen LogP contribution in [-0.2, 0) is 6.54 Å². The lowest BCUT2D eigenvalue weighted by Crippen LogP contribution is -2.21. The van der Waals surface area contributed by atoms with E-state index in [1.54, 1.807) is 11.3 Å². The zero-order chi connectivity index (χ0) is 12.3. The molecular weight excluding hydrogens is 230 g/mol. The standard InChI is InChI=1S/C13H17N3S/c1-10(12-4-3-7-17-12)16(2)9-11-5-6-13(14)15-8-11/h3-8,10H,9H2,1-2H3,(H2,14,15). The van der Waals surface area contributed by atoms with Crippen LogP contribution in [0.3, 0.4) is 0 Å². The van der Waals surface area contributed by atoms with E-state index >= 15 is 0 Å². The first-order chi connectivity index (χ1) is 8.16. The van der Waals surface area contributed by atoms with Crippen LogP contribution in [0.5, 0.6) is 0 Å². The molecule has 0 aliphatic carbocycles. The molecule has 1 unspecified atom stereocenters. The van der Waals surface area contributed by atoms with Crippen molar-refractivity contribution in [3.05, 3.63) is 46.3 Å². The summed E-state index contributed by atoms with van der Waals surface area (Å²) in [6, 6.07) is 8.56. The van der Waals surface area contributed by atoms with Gasteiger partial charge in [0, 0.05) is 23.7 Å². The Kier molecular flexibility index (Phi) is 3.76. The van der Waals surface area contributed by atoms with Gasteiger partial charge in [-0.2, -0.15) is 0 Å². The van der Waals surface area contributed by atoms with E-state index in [1.807, 2.05) is 18.3 Å². The SMILES string of the molecule is CC(c1cccs1)N(C)Cc1ccc(N)nc1. The molecular formula is C13H17N3S. The number of aromatic nitrogens is 1. The van der Waals surface area contributed by atoms with E-state index in [0.29, 0.717) is 11.9 Å². The molecule has 90 valence electrons. The molecule has 0 bridgehead atoms. The van der Waals surface area contributed by atoms with Gasteiger partial charge in [0.1, 0.15) is 5.82 Å². The van der Waals surface area contributed by atoms with E-state index in [9.17, 15) is 0 Å². The fourth-order valence-electron chi connectivity index (χ4n) is 1.70. The van der Waals surface area contributed by atoms with Crippen molar-refractivity contribution in [2.75, 3.05) is 12.8 Å². The van der Waals surface area contributed by atoms with Crippen LogP contribution in [0.4, 0.5) is 5.82 Å². The van der Waals surface area contributed by atoms with Crippen LogP contribution in [0.2, 0.25) is 0 Å². The Morgan fingerprint density at radius 2 is 2.24 bits per heavy atom. The third kappa shape index (κ3) is 3.05. The Morgan fingerprint density at radius 1 is 1.41 bits per heavy atom. The normalized spacial score (nSPS) is 12.9. The third-order valence-electron chi connectivity index (χ3n) is 2.90. The molecule has 0 saturated heterocycles. The molecule has 0 aliphatic heterocycles. The van der Waals surface area contributed by atoms with Gasteiger partial charge >= 0.3 is 0 Å². The number of rotatable bonds is 4. The number of nitrogens with two attached hydrogens (primary N) is 1. The zero-order valence-electron chi connectivity index (χ0n) is 10.1. The molecule has 0 spiro atoms. The average molecular weight is 247 g/mol. The van der Waals surface area contributed by atoms with E-state index in [0.717, 1.165) is 6.54 Å². The van der Waals surface area contributed by atoms with Crippen molar-refractivity contribution < 1.29 is 0 Å². The van der Waals surface area contributed by atoms with E-state index in [-0.39, 0.29) is 0 Å². The first-order valence-electron chi connectivity index (χ1n) is 5.61. The predicted molar refractivity (Wildman–Crippen MR) is 72.9 cm³/mol. The van der Waals surface area contributed by atoms with Gasteiger partial charge in [0.05, 0.1) is 0 Å². The van der Waals surface area contributed by atoms with Gasteiger partial charge in [-0.3, -0.25) is 4.90 Å². The summed E-state index contributed by atoms with van der Waals surface area (Å²) in [5.74, 6) is 0.572. The number of hydrogen-bond acceptors (Lipinski definition) is 4. The van der Waals surface area contributed by atoms with Gasteiger partial charge in [0.2, 0.25) is 0 Å². The Balaban J connectivity index is 2.01. The number of nitrogen functional groups attached to an aromatic ring is 1. The number of nitrogens with zero attached hydrogens (tertiary/aromatic N) is 2. The maximum Gasteiger partial charge on any atom is 0.123 e. The highest BCUT2D eigenvalue weighted by atomic mass is 32.1. The molecule has 0 aliphatic rings. The van der Waals surface area contributed by atoms with Crippen molar-refractivity contribution in [3.63, 3.8) is 0 Å². The van der Waals surface area contributed by atoms with Crippen molar-refractivity contribution in [1.29, 1.82) is 0 Å².